The number of anilines is 1. The number of hydrogen-bond donors (Lipinski definition) is 1. The van der Waals surface area contributed by atoms with Gasteiger partial charge in [0.2, 0.25) is 16.4 Å². The van der Waals surface area contributed by atoms with Crippen molar-refractivity contribution in [2.75, 3.05) is 11.0 Å². The number of aryl methyl sites for hydroxylation is 3. The number of benzene rings is 1. The van der Waals surface area contributed by atoms with Crippen molar-refractivity contribution in [2.45, 2.75) is 71.4 Å². The highest BCUT2D eigenvalue weighted by molar-refractivity contribution is 7.92. The zero-order chi connectivity index (χ0) is 19.5. The standard InChI is InChI=1S/C21H34N3O2S/c1-3-4-5-6-8-15-23-17-18-24(19-23)16-9-7-10-20-11-13-21(14-12-20)22-27(2,25)26/h11-14,17-19,22H,3-10,15-16H2,1-2H3/q+1. The van der Waals surface area contributed by atoms with Crippen LogP contribution in [0.4, 0.5) is 5.69 Å². The summed E-state index contributed by atoms with van der Waals surface area (Å²) in [6.07, 6.45) is 17.6. The molecular formula is C21H34N3O2S+. The summed E-state index contributed by atoms with van der Waals surface area (Å²) in [7, 11) is -3.20. The second kappa shape index (κ2) is 11.1. The van der Waals surface area contributed by atoms with Gasteiger partial charge in [0.1, 0.15) is 12.4 Å². The molecule has 0 aliphatic heterocycles. The van der Waals surface area contributed by atoms with Crippen LogP contribution in [0.1, 0.15) is 57.4 Å². The predicted octanol–water partition coefficient (Wildman–Crippen LogP) is 4.14. The predicted molar refractivity (Wildman–Crippen MR) is 111 cm³/mol. The van der Waals surface area contributed by atoms with Crippen molar-refractivity contribution in [1.82, 2.24) is 4.57 Å². The van der Waals surface area contributed by atoms with Crippen molar-refractivity contribution in [3.8, 4) is 0 Å². The van der Waals surface area contributed by atoms with Gasteiger partial charge in [0.15, 0.2) is 0 Å². The van der Waals surface area contributed by atoms with Crippen LogP contribution in [0.15, 0.2) is 43.0 Å². The summed E-state index contributed by atoms with van der Waals surface area (Å²) in [6, 6.07) is 7.64. The zero-order valence-corrected chi connectivity index (χ0v) is 17.5. The first-order chi connectivity index (χ1) is 13.0. The summed E-state index contributed by atoms with van der Waals surface area (Å²) in [4.78, 5) is 0. The summed E-state index contributed by atoms with van der Waals surface area (Å²) < 4.78 is 29.5. The molecule has 1 N–H and O–H groups in total. The van der Waals surface area contributed by atoms with Crippen LogP contribution in [0, 0.1) is 0 Å². The van der Waals surface area contributed by atoms with E-state index in [2.05, 4.69) is 39.5 Å². The molecule has 1 aromatic carbocycles. The topological polar surface area (TPSA) is 55.0 Å². The summed E-state index contributed by atoms with van der Waals surface area (Å²) in [5, 5.41) is 0. The van der Waals surface area contributed by atoms with E-state index in [0.717, 1.165) is 32.4 Å². The molecule has 2 rings (SSSR count). The first-order valence-corrected chi connectivity index (χ1v) is 12.0. The number of imidazole rings is 1. The van der Waals surface area contributed by atoms with Crippen LogP contribution in [0.25, 0.3) is 0 Å². The van der Waals surface area contributed by atoms with Gasteiger partial charge >= 0.3 is 0 Å². The molecule has 0 radical (unpaired) electrons. The SMILES string of the molecule is CCCCCCC[n+]1ccn(CCCCc2ccc(NS(C)(=O)=O)cc2)c1. The monoisotopic (exact) mass is 392 g/mol. The summed E-state index contributed by atoms with van der Waals surface area (Å²) in [5.41, 5.74) is 1.86. The Hall–Kier alpha value is -1.82. The Balaban J connectivity index is 1.64. The highest BCUT2D eigenvalue weighted by Crippen LogP contribution is 2.13. The van der Waals surface area contributed by atoms with Crippen molar-refractivity contribution in [3.05, 3.63) is 48.5 Å². The molecule has 0 aliphatic rings. The molecule has 0 saturated heterocycles. The molecule has 0 unspecified atom stereocenters. The fraction of sp³-hybridized carbons (Fsp3) is 0.571. The highest BCUT2D eigenvalue weighted by atomic mass is 32.2. The maximum atomic E-state index is 11.2. The molecule has 1 heterocycles. The van der Waals surface area contributed by atoms with E-state index in [4.69, 9.17) is 0 Å². The van der Waals surface area contributed by atoms with Gasteiger partial charge in [-0.2, -0.15) is 0 Å². The Bertz CT molecular complexity index is 767. The molecule has 0 bridgehead atoms. The molecule has 27 heavy (non-hydrogen) atoms. The van der Waals surface area contributed by atoms with Crippen LogP contribution >= 0.6 is 0 Å². The van der Waals surface area contributed by atoms with Gasteiger partial charge in [0, 0.05) is 5.69 Å². The molecule has 0 atom stereocenters. The van der Waals surface area contributed by atoms with Crippen LogP contribution in [0.3, 0.4) is 0 Å². The minimum Gasteiger partial charge on any atom is -0.284 e. The molecule has 0 fully saturated rings. The minimum atomic E-state index is -3.20. The summed E-state index contributed by atoms with van der Waals surface area (Å²) >= 11 is 0. The third-order valence-electron chi connectivity index (χ3n) is 4.66. The van der Waals surface area contributed by atoms with Gasteiger partial charge in [-0.15, -0.1) is 0 Å². The third kappa shape index (κ3) is 9.09. The highest BCUT2D eigenvalue weighted by Gasteiger charge is 2.04. The molecule has 0 aliphatic carbocycles. The van der Waals surface area contributed by atoms with E-state index in [-0.39, 0.29) is 0 Å². The Morgan fingerprint density at radius 1 is 1.00 bits per heavy atom. The van der Waals surface area contributed by atoms with Crippen molar-refractivity contribution in [3.63, 3.8) is 0 Å². The molecule has 6 heteroatoms. The lowest BCUT2D eigenvalue weighted by atomic mass is 10.1. The van der Waals surface area contributed by atoms with Crippen molar-refractivity contribution < 1.29 is 13.0 Å². The van der Waals surface area contributed by atoms with Gasteiger partial charge in [0.05, 0.1) is 19.3 Å². The first-order valence-electron chi connectivity index (χ1n) is 10.1. The number of nitrogens with zero attached hydrogens (tertiary/aromatic N) is 2. The minimum absolute atomic E-state index is 0.618. The lowest BCUT2D eigenvalue weighted by Crippen LogP contribution is -2.30. The Morgan fingerprint density at radius 2 is 1.74 bits per heavy atom. The van der Waals surface area contributed by atoms with Crippen molar-refractivity contribution >= 4 is 15.7 Å². The lowest BCUT2D eigenvalue weighted by Gasteiger charge is -2.05. The molecular weight excluding hydrogens is 358 g/mol. The van der Waals surface area contributed by atoms with Gasteiger partial charge in [-0.05, 0) is 49.8 Å². The Morgan fingerprint density at radius 3 is 2.44 bits per heavy atom. The maximum Gasteiger partial charge on any atom is 0.243 e. The summed E-state index contributed by atoms with van der Waals surface area (Å²) in [5.74, 6) is 0. The Kier molecular flexibility index (Phi) is 8.85. The smallest absolute Gasteiger partial charge is 0.243 e. The number of nitrogens with one attached hydrogen (secondary N) is 1. The van der Waals surface area contributed by atoms with Crippen LogP contribution in [0.5, 0.6) is 0 Å². The van der Waals surface area contributed by atoms with E-state index in [1.54, 1.807) is 0 Å². The van der Waals surface area contributed by atoms with E-state index in [0.29, 0.717) is 5.69 Å². The average Bonchev–Trinajstić information content (AvgIpc) is 3.06. The molecule has 1 aromatic heterocycles. The maximum absolute atomic E-state index is 11.2. The Labute approximate surface area is 164 Å². The number of unbranched alkanes of at least 4 members (excludes halogenated alkanes) is 5. The van der Waals surface area contributed by atoms with Gasteiger partial charge in [-0.1, -0.05) is 38.3 Å². The van der Waals surface area contributed by atoms with Crippen LogP contribution in [-0.2, 0) is 29.5 Å². The molecule has 0 spiro atoms. The van der Waals surface area contributed by atoms with Crippen molar-refractivity contribution in [1.29, 1.82) is 0 Å². The number of sulfonamides is 1. The zero-order valence-electron chi connectivity index (χ0n) is 16.7. The van der Waals surface area contributed by atoms with E-state index >= 15 is 0 Å². The van der Waals surface area contributed by atoms with Gasteiger partial charge in [-0.25, -0.2) is 17.6 Å². The molecule has 150 valence electrons. The quantitative estimate of drug-likeness (QED) is 0.411. The third-order valence-corrected chi connectivity index (χ3v) is 5.26. The second-order valence-corrected chi connectivity index (χ2v) is 9.08. The molecule has 0 amide bonds. The molecule has 5 nitrogen and oxygen atoms in total. The summed E-state index contributed by atoms with van der Waals surface area (Å²) in [6.45, 7) is 4.40. The second-order valence-electron chi connectivity index (χ2n) is 7.33. The van der Waals surface area contributed by atoms with Crippen LogP contribution in [-0.4, -0.2) is 19.2 Å². The first kappa shape index (κ1) is 21.5. The molecule has 2 aromatic rings. The van der Waals surface area contributed by atoms with Gasteiger partial charge in [0.25, 0.3) is 0 Å². The van der Waals surface area contributed by atoms with Crippen LogP contribution in [0.2, 0.25) is 0 Å². The van der Waals surface area contributed by atoms with Gasteiger partial charge < -0.3 is 0 Å². The fourth-order valence-corrected chi connectivity index (χ4v) is 3.74. The van der Waals surface area contributed by atoms with E-state index in [1.807, 2.05) is 24.3 Å². The van der Waals surface area contributed by atoms with E-state index in [9.17, 15) is 8.42 Å². The molecule has 0 saturated carbocycles. The van der Waals surface area contributed by atoms with Crippen molar-refractivity contribution in [2.24, 2.45) is 0 Å². The number of rotatable bonds is 13. The number of hydrogen-bond acceptors (Lipinski definition) is 2. The lowest BCUT2D eigenvalue weighted by molar-refractivity contribution is -0.696. The van der Waals surface area contributed by atoms with E-state index < -0.39 is 10.0 Å². The van der Waals surface area contributed by atoms with Crippen LogP contribution < -0.4 is 9.29 Å². The number of aromatic nitrogens is 2. The average molecular weight is 393 g/mol. The normalized spacial score (nSPS) is 11.6. The van der Waals surface area contributed by atoms with Gasteiger partial charge in [-0.3, -0.25) is 4.72 Å². The fourth-order valence-electron chi connectivity index (χ4n) is 3.18. The van der Waals surface area contributed by atoms with E-state index in [1.165, 1.54) is 43.9 Å². The largest absolute Gasteiger partial charge is 0.284 e.